The molecule has 0 saturated carbocycles. The number of aryl methyl sites for hydroxylation is 1. The Balaban J connectivity index is 1.69. The van der Waals surface area contributed by atoms with Crippen LogP contribution in [0.4, 0.5) is 10.1 Å². The van der Waals surface area contributed by atoms with E-state index in [2.05, 4.69) is 15.0 Å². The van der Waals surface area contributed by atoms with Gasteiger partial charge in [-0.25, -0.2) is 12.8 Å². The molecule has 1 amide bonds. The SMILES string of the molecule is Cc1ccc(C(=O)Nc2ccc(S(=O)(=O)NC3=NCCCCC3)cc2)cc1F. The zero-order valence-corrected chi connectivity index (χ0v) is 16.4. The number of amidine groups is 1. The summed E-state index contributed by atoms with van der Waals surface area (Å²) in [5.74, 6) is -0.446. The Hall–Kier alpha value is -2.74. The maximum Gasteiger partial charge on any atom is 0.262 e. The Morgan fingerprint density at radius 1 is 1.07 bits per heavy atom. The van der Waals surface area contributed by atoms with Gasteiger partial charge in [0, 0.05) is 24.2 Å². The maximum absolute atomic E-state index is 13.6. The third kappa shape index (κ3) is 4.95. The molecule has 2 aromatic rings. The van der Waals surface area contributed by atoms with Crippen LogP contribution in [0.2, 0.25) is 0 Å². The average Bonchev–Trinajstić information content (AvgIpc) is 2.92. The molecule has 0 aliphatic carbocycles. The number of rotatable bonds is 4. The van der Waals surface area contributed by atoms with E-state index in [4.69, 9.17) is 0 Å². The summed E-state index contributed by atoms with van der Waals surface area (Å²) in [6.45, 7) is 2.24. The van der Waals surface area contributed by atoms with E-state index in [0.29, 0.717) is 30.1 Å². The van der Waals surface area contributed by atoms with Gasteiger partial charge in [0.25, 0.3) is 15.9 Å². The summed E-state index contributed by atoms with van der Waals surface area (Å²) in [5, 5.41) is 2.63. The van der Waals surface area contributed by atoms with Crippen LogP contribution in [-0.2, 0) is 10.0 Å². The minimum absolute atomic E-state index is 0.0822. The number of amides is 1. The average molecular weight is 403 g/mol. The van der Waals surface area contributed by atoms with Gasteiger partial charge in [0.2, 0.25) is 0 Å². The first-order valence-electron chi connectivity index (χ1n) is 9.09. The van der Waals surface area contributed by atoms with Crippen LogP contribution in [0.1, 0.15) is 41.6 Å². The van der Waals surface area contributed by atoms with E-state index in [1.807, 2.05) is 0 Å². The second kappa shape index (κ2) is 8.52. The minimum Gasteiger partial charge on any atom is -0.322 e. The van der Waals surface area contributed by atoms with Gasteiger partial charge >= 0.3 is 0 Å². The molecular formula is C20H22FN3O3S. The Morgan fingerprint density at radius 3 is 2.54 bits per heavy atom. The molecule has 0 aromatic heterocycles. The molecule has 0 atom stereocenters. The highest BCUT2D eigenvalue weighted by molar-refractivity contribution is 7.90. The number of carbonyl (C=O) groups is 1. The second-order valence-corrected chi connectivity index (χ2v) is 8.37. The van der Waals surface area contributed by atoms with E-state index in [1.165, 1.54) is 42.5 Å². The number of sulfonamides is 1. The first kappa shape index (κ1) is 20.0. The van der Waals surface area contributed by atoms with Gasteiger partial charge in [-0.15, -0.1) is 0 Å². The molecule has 3 rings (SSSR count). The third-order valence-electron chi connectivity index (χ3n) is 4.48. The number of nitrogens with zero attached hydrogens (tertiary/aromatic N) is 1. The van der Waals surface area contributed by atoms with Gasteiger partial charge < -0.3 is 5.32 Å². The summed E-state index contributed by atoms with van der Waals surface area (Å²) in [4.78, 5) is 16.6. The first-order chi connectivity index (χ1) is 13.3. The van der Waals surface area contributed by atoms with Crippen LogP contribution in [0, 0.1) is 12.7 Å². The summed E-state index contributed by atoms with van der Waals surface area (Å²) >= 11 is 0. The number of nitrogens with one attached hydrogen (secondary N) is 2. The predicted octanol–water partition coefficient (Wildman–Crippen LogP) is 3.64. The Morgan fingerprint density at radius 2 is 1.82 bits per heavy atom. The van der Waals surface area contributed by atoms with Crippen molar-refractivity contribution in [2.24, 2.45) is 4.99 Å². The molecule has 28 heavy (non-hydrogen) atoms. The van der Waals surface area contributed by atoms with E-state index in [1.54, 1.807) is 6.92 Å². The molecule has 0 unspecified atom stereocenters. The van der Waals surface area contributed by atoms with Gasteiger partial charge in [-0.2, -0.15) is 0 Å². The predicted molar refractivity (Wildman–Crippen MR) is 107 cm³/mol. The lowest BCUT2D eigenvalue weighted by molar-refractivity contribution is 0.102. The van der Waals surface area contributed by atoms with Gasteiger partial charge in [-0.3, -0.25) is 14.5 Å². The van der Waals surface area contributed by atoms with Crippen molar-refractivity contribution in [2.45, 2.75) is 37.5 Å². The van der Waals surface area contributed by atoms with E-state index in [9.17, 15) is 17.6 Å². The fourth-order valence-electron chi connectivity index (χ4n) is 2.83. The maximum atomic E-state index is 13.6. The lowest BCUT2D eigenvalue weighted by atomic mass is 10.1. The Labute approximate surface area is 163 Å². The lowest BCUT2D eigenvalue weighted by Crippen LogP contribution is -2.30. The highest BCUT2D eigenvalue weighted by Crippen LogP contribution is 2.17. The summed E-state index contributed by atoms with van der Waals surface area (Å²) in [6.07, 6.45) is 3.52. The summed E-state index contributed by atoms with van der Waals surface area (Å²) in [6, 6.07) is 10.0. The number of anilines is 1. The van der Waals surface area contributed by atoms with Gasteiger partial charge in [-0.05, 0) is 61.7 Å². The number of halogens is 1. The molecule has 1 aliphatic rings. The first-order valence-corrected chi connectivity index (χ1v) is 10.6. The highest BCUT2D eigenvalue weighted by atomic mass is 32.2. The minimum atomic E-state index is -3.73. The van der Waals surface area contributed by atoms with Crippen molar-refractivity contribution in [2.75, 3.05) is 11.9 Å². The number of hydrogen-bond donors (Lipinski definition) is 2. The van der Waals surface area contributed by atoms with Crippen molar-refractivity contribution < 1.29 is 17.6 Å². The zero-order valence-electron chi connectivity index (χ0n) is 15.5. The molecule has 1 heterocycles. The highest BCUT2D eigenvalue weighted by Gasteiger charge is 2.17. The number of aliphatic imine (C=N–C) groups is 1. The van der Waals surface area contributed by atoms with Crippen LogP contribution in [0.3, 0.4) is 0 Å². The number of hydrogen-bond acceptors (Lipinski definition) is 4. The topological polar surface area (TPSA) is 87.6 Å². The van der Waals surface area contributed by atoms with Gasteiger partial charge in [-0.1, -0.05) is 12.5 Å². The van der Waals surface area contributed by atoms with Crippen LogP contribution in [0.25, 0.3) is 0 Å². The monoisotopic (exact) mass is 403 g/mol. The van der Waals surface area contributed by atoms with Crippen molar-refractivity contribution in [3.8, 4) is 0 Å². The van der Waals surface area contributed by atoms with Crippen molar-refractivity contribution >= 4 is 27.5 Å². The second-order valence-electron chi connectivity index (χ2n) is 6.69. The number of benzene rings is 2. The third-order valence-corrected chi connectivity index (χ3v) is 5.88. The summed E-state index contributed by atoms with van der Waals surface area (Å²) < 4.78 is 41.2. The van der Waals surface area contributed by atoms with Crippen LogP contribution in [-0.4, -0.2) is 26.7 Å². The van der Waals surface area contributed by atoms with Gasteiger partial charge in [0.15, 0.2) is 0 Å². The van der Waals surface area contributed by atoms with E-state index < -0.39 is 21.7 Å². The summed E-state index contributed by atoms with van der Waals surface area (Å²) in [7, 11) is -3.73. The molecule has 0 bridgehead atoms. The largest absolute Gasteiger partial charge is 0.322 e. The molecule has 6 nitrogen and oxygen atoms in total. The smallest absolute Gasteiger partial charge is 0.262 e. The molecular weight excluding hydrogens is 381 g/mol. The lowest BCUT2D eigenvalue weighted by Gasteiger charge is -2.11. The normalized spacial score (nSPS) is 14.7. The summed E-state index contributed by atoms with van der Waals surface area (Å²) in [5.41, 5.74) is 1.06. The van der Waals surface area contributed by atoms with Crippen LogP contribution >= 0.6 is 0 Å². The molecule has 0 saturated heterocycles. The van der Waals surface area contributed by atoms with E-state index in [0.717, 1.165) is 19.3 Å². The van der Waals surface area contributed by atoms with Gasteiger partial charge in [0.1, 0.15) is 11.7 Å². The molecule has 8 heteroatoms. The molecule has 2 N–H and O–H groups in total. The molecule has 148 valence electrons. The molecule has 1 aliphatic heterocycles. The Bertz CT molecular complexity index is 1000. The van der Waals surface area contributed by atoms with E-state index in [-0.39, 0.29) is 10.5 Å². The fourth-order valence-corrected chi connectivity index (χ4v) is 3.92. The Kier molecular flexibility index (Phi) is 6.08. The van der Waals surface area contributed by atoms with Crippen molar-refractivity contribution in [1.29, 1.82) is 0 Å². The molecule has 2 aromatic carbocycles. The van der Waals surface area contributed by atoms with Crippen LogP contribution in [0.15, 0.2) is 52.4 Å². The van der Waals surface area contributed by atoms with Crippen molar-refractivity contribution in [1.82, 2.24) is 4.72 Å². The van der Waals surface area contributed by atoms with Crippen molar-refractivity contribution in [3.05, 3.63) is 59.4 Å². The van der Waals surface area contributed by atoms with Crippen LogP contribution < -0.4 is 10.0 Å². The van der Waals surface area contributed by atoms with Gasteiger partial charge in [0.05, 0.1) is 4.90 Å². The zero-order chi connectivity index (χ0) is 20.1. The molecule has 0 radical (unpaired) electrons. The van der Waals surface area contributed by atoms with Crippen molar-refractivity contribution in [3.63, 3.8) is 0 Å². The molecule has 0 spiro atoms. The standard InChI is InChI=1S/C20H22FN3O3S/c1-14-6-7-15(13-18(14)21)20(25)23-16-8-10-17(11-9-16)28(26,27)24-19-5-3-2-4-12-22-19/h6-11,13H,2-5,12H2,1H3,(H,22,24)(H,23,25). The quantitative estimate of drug-likeness (QED) is 0.817. The van der Waals surface area contributed by atoms with Crippen LogP contribution in [0.5, 0.6) is 0 Å². The number of carbonyl (C=O) groups excluding carboxylic acids is 1. The fraction of sp³-hybridized carbons (Fsp3) is 0.300. The van der Waals surface area contributed by atoms with E-state index >= 15 is 0 Å². The molecule has 0 fully saturated rings.